The van der Waals surface area contributed by atoms with E-state index in [2.05, 4.69) is 26.0 Å². The van der Waals surface area contributed by atoms with Gasteiger partial charge in [0.25, 0.3) is 5.56 Å². The summed E-state index contributed by atoms with van der Waals surface area (Å²) in [5.41, 5.74) is -0.168. The van der Waals surface area contributed by atoms with Crippen LogP contribution in [-0.4, -0.2) is 14.8 Å². The fourth-order valence-electron chi connectivity index (χ4n) is 1.77. The summed E-state index contributed by atoms with van der Waals surface area (Å²) in [5.74, 6) is 0.500. The number of aromatic nitrogens is 3. The second-order valence-corrected chi connectivity index (χ2v) is 4.58. The first-order valence-electron chi connectivity index (χ1n) is 5.36. The maximum Gasteiger partial charge on any atom is 0.280 e. The summed E-state index contributed by atoms with van der Waals surface area (Å²) >= 11 is 3.28. The molecule has 0 fully saturated rings. The van der Waals surface area contributed by atoms with Crippen LogP contribution in [0, 0.1) is 0 Å². The van der Waals surface area contributed by atoms with Crippen molar-refractivity contribution in [3.05, 3.63) is 63.6 Å². The lowest BCUT2D eigenvalue weighted by molar-refractivity contribution is 0.791. The number of halogens is 1. The summed E-state index contributed by atoms with van der Waals surface area (Å²) in [5, 5.41) is 5.60. The van der Waals surface area contributed by atoms with Crippen molar-refractivity contribution in [3.63, 3.8) is 0 Å². The molecular weight excluding hydrogens is 294 g/mol. The standard InChI is InChI=1S/C13H8BrN3O/c14-11-6-3-7-12(16-11)17-13(18)10-5-2-1-4-9(10)8-15-17/h1-8H. The van der Waals surface area contributed by atoms with E-state index in [0.29, 0.717) is 15.8 Å². The first kappa shape index (κ1) is 11.1. The van der Waals surface area contributed by atoms with E-state index in [9.17, 15) is 4.79 Å². The molecule has 2 heterocycles. The van der Waals surface area contributed by atoms with Crippen molar-refractivity contribution in [2.75, 3.05) is 0 Å². The van der Waals surface area contributed by atoms with Crippen molar-refractivity contribution < 1.29 is 0 Å². The van der Waals surface area contributed by atoms with Crippen molar-refractivity contribution in [1.29, 1.82) is 0 Å². The Hall–Kier alpha value is -2.01. The van der Waals surface area contributed by atoms with E-state index in [4.69, 9.17) is 0 Å². The minimum Gasteiger partial charge on any atom is -0.267 e. The fourth-order valence-corrected chi connectivity index (χ4v) is 2.10. The molecule has 0 radical (unpaired) electrons. The number of hydrogen-bond donors (Lipinski definition) is 0. The summed E-state index contributed by atoms with van der Waals surface area (Å²) < 4.78 is 1.97. The zero-order chi connectivity index (χ0) is 12.5. The van der Waals surface area contributed by atoms with Crippen LogP contribution in [0.1, 0.15) is 0 Å². The molecule has 2 aromatic heterocycles. The highest BCUT2D eigenvalue weighted by Gasteiger charge is 2.06. The highest BCUT2D eigenvalue weighted by Crippen LogP contribution is 2.11. The summed E-state index contributed by atoms with van der Waals surface area (Å²) in [6, 6.07) is 12.7. The lowest BCUT2D eigenvalue weighted by atomic mass is 10.2. The van der Waals surface area contributed by atoms with E-state index >= 15 is 0 Å². The summed E-state index contributed by atoms with van der Waals surface area (Å²) in [4.78, 5) is 16.5. The van der Waals surface area contributed by atoms with E-state index in [1.165, 1.54) is 4.68 Å². The smallest absolute Gasteiger partial charge is 0.267 e. The average Bonchev–Trinajstić information content (AvgIpc) is 2.39. The van der Waals surface area contributed by atoms with Gasteiger partial charge in [0.2, 0.25) is 0 Å². The molecule has 0 aliphatic heterocycles. The topological polar surface area (TPSA) is 47.8 Å². The van der Waals surface area contributed by atoms with Crippen LogP contribution >= 0.6 is 15.9 Å². The van der Waals surface area contributed by atoms with Crippen LogP contribution in [0.5, 0.6) is 0 Å². The average molecular weight is 302 g/mol. The Morgan fingerprint density at radius 2 is 1.89 bits per heavy atom. The molecule has 0 unspecified atom stereocenters. The Labute approximate surface area is 111 Å². The normalized spacial score (nSPS) is 10.7. The van der Waals surface area contributed by atoms with Crippen molar-refractivity contribution >= 4 is 26.7 Å². The molecule has 3 rings (SSSR count). The third-order valence-corrected chi connectivity index (χ3v) is 3.05. The minimum atomic E-state index is -0.168. The van der Waals surface area contributed by atoms with Gasteiger partial charge in [-0.25, -0.2) is 4.98 Å². The van der Waals surface area contributed by atoms with Crippen molar-refractivity contribution in [2.24, 2.45) is 0 Å². The van der Waals surface area contributed by atoms with Crippen LogP contribution < -0.4 is 5.56 Å². The maximum atomic E-state index is 12.3. The third kappa shape index (κ3) is 1.82. The summed E-state index contributed by atoms with van der Waals surface area (Å²) in [7, 11) is 0. The van der Waals surface area contributed by atoms with Gasteiger partial charge in [-0.15, -0.1) is 0 Å². The second kappa shape index (κ2) is 4.34. The molecule has 0 saturated carbocycles. The Balaban J connectivity index is 2.31. The zero-order valence-corrected chi connectivity index (χ0v) is 10.8. The van der Waals surface area contributed by atoms with Gasteiger partial charge in [-0.2, -0.15) is 9.78 Å². The van der Waals surface area contributed by atoms with Crippen LogP contribution in [0.15, 0.2) is 58.1 Å². The van der Waals surface area contributed by atoms with Crippen molar-refractivity contribution in [3.8, 4) is 5.82 Å². The SMILES string of the molecule is O=c1c2ccccc2cnn1-c1cccc(Br)n1. The number of rotatable bonds is 1. The molecule has 0 atom stereocenters. The third-order valence-electron chi connectivity index (χ3n) is 2.61. The Morgan fingerprint density at radius 3 is 2.72 bits per heavy atom. The monoisotopic (exact) mass is 301 g/mol. The molecule has 0 amide bonds. The largest absolute Gasteiger partial charge is 0.280 e. The molecule has 0 saturated heterocycles. The number of pyridine rings is 1. The fraction of sp³-hybridized carbons (Fsp3) is 0. The van der Waals surface area contributed by atoms with Crippen LogP contribution in [0.3, 0.4) is 0 Å². The molecular formula is C13H8BrN3O. The van der Waals surface area contributed by atoms with E-state index < -0.39 is 0 Å². The summed E-state index contributed by atoms with van der Waals surface area (Å²) in [6.07, 6.45) is 1.67. The van der Waals surface area contributed by atoms with Crippen molar-refractivity contribution in [1.82, 2.24) is 14.8 Å². The van der Waals surface area contributed by atoms with Crippen molar-refractivity contribution in [2.45, 2.75) is 0 Å². The van der Waals surface area contributed by atoms with Crippen LogP contribution in [-0.2, 0) is 0 Å². The number of fused-ring (bicyclic) bond motifs is 1. The molecule has 0 aliphatic rings. The molecule has 0 N–H and O–H groups in total. The van der Waals surface area contributed by atoms with Gasteiger partial charge in [-0.05, 0) is 34.1 Å². The first-order valence-corrected chi connectivity index (χ1v) is 6.15. The molecule has 0 bridgehead atoms. The Kier molecular flexibility index (Phi) is 2.68. The van der Waals surface area contributed by atoms with Gasteiger partial charge >= 0.3 is 0 Å². The first-order chi connectivity index (χ1) is 8.75. The number of nitrogens with zero attached hydrogens (tertiary/aromatic N) is 3. The molecule has 0 aliphatic carbocycles. The number of benzene rings is 1. The lowest BCUT2D eigenvalue weighted by Gasteiger charge is -2.04. The Bertz CT molecular complexity index is 782. The van der Waals surface area contributed by atoms with Crippen LogP contribution in [0.2, 0.25) is 0 Å². The van der Waals surface area contributed by atoms with E-state index in [1.54, 1.807) is 24.4 Å². The van der Waals surface area contributed by atoms with Gasteiger partial charge < -0.3 is 0 Å². The second-order valence-electron chi connectivity index (χ2n) is 3.77. The minimum absolute atomic E-state index is 0.168. The molecule has 18 heavy (non-hydrogen) atoms. The zero-order valence-electron chi connectivity index (χ0n) is 9.25. The van der Waals surface area contributed by atoms with Gasteiger partial charge in [-0.3, -0.25) is 4.79 Å². The van der Waals surface area contributed by atoms with Gasteiger partial charge in [-0.1, -0.05) is 24.3 Å². The highest BCUT2D eigenvalue weighted by molar-refractivity contribution is 9.10. The highest BCUT2D eigenvalue weighted by atomic mass is 79.9. The lowest BCUT2D eigenvalue weighted by Crippen LogP contribution is -2.21. The maximum absolute atomic E-state index is 12.3. The summed E-state index contributed by atoms with van der Waals surface area (Å²) in [6.45, 7) is 0. The van der Waals surface area contributed by atoms with Gasteiger partial charge in [0, 0.05) is 5.39 Å². The van der Waals surface area contributed by atoms with E-state index in [-0.39, 0.29) is 5.56 Å². The molecule has 0 spiro atoms. The quantitative estimate of drug-likeness (QED) is 0.649. The predicted molar refractivity (Wildman–Crippen MR) is 72.8 cm³/mol. The van der Waals surface area contributed by atoms with Gasteiger partial charge in [0.05, 0.1) is 11.6 Å². The molecule has 88 valence electrons. The van der Waals surface area contributed by atoms with Crippen LogP contribution in [0.4, 0.5) is 0 Å². The molecule has 5 heteroatoms. The molecule has 4 nitrogen and oxygen atoms in total. The van der Waals surface area contributed by atoms with Gasteiger partial charge in [0.15, 0.2) is 5.82 Å². The Morgan fingerprint density at radius 1 is 1.06 bits per heavy atom. The van der Waals surface area contributed by atoms with E-state index in [1.807, 2.05) is 24.3 Å². The predicted octanol–water partition coefficient (Wildman–Crippen LogP) is 2.54. The molecule has 1 aromatic carbocycles. The van der Waals surface area contributed by atoms with Gasteiger partial charge in [0.1, 0.15) is 4.60 Å². The molecule has 3 aromatic rings. The van der Waals surface area contributed by atoms with E-state index in [0.717, 1.165) is 5.39 Å². The van der Waals surface area contributed by atoms with Crippen LogP contribution in [0.25, 0.3) is 16.6 Å². The number of hydrogen-bond acceptors (Lipinski definition) is 3.